The fourth-order valence-corrected chi connectivity index (χ4v) is 6.73. The molecule has 2 fully saturated rings. The number of hydrogen-bond acceptors (Lipinski definition) is 10. The van der Waals surface area contributed by atoms with Crippen molar-refractivity contribution in [2.24, 2.45) is 11.8 Å². The molecule has 3 amide bonds. The predicted octanol–water partition coefficient (Wildman–Crippen LogP) is 4.70. The fraction of sp³-hybridized carbons (Fsp3) is 0.595. The van der Waals surface area contributed by atoms with Crippen LogP contribution in [0.15, 0.2) is 36.4 Å². The van der Waals surface area contributed by atoms with Crippen LogP contribution in [0.4, 0.5) is 4.79 Å². The number of ether oxygens (including phenoxy) is 5. The van der Waals surface area contributed by atoms with Gasteiger partial charge in [-0.3, -0.25) is 9.59 Å². The number of aromatic nitrogens is 1. The first-order valence-electron chi connectivity index (χ1n) is 17.4. The molecule has 2 aliphatic heterocycles. The number of fused-ring (bicyclic) bond motifs is 3. The van der Waals surface area contributed by atoms with Gasteiger partial charge in [-0.1, -0.05) is 19.1 Å². The zero-order valence-corrected chi connectivity index (χ0v) is 30.1. The molecule has 50 heavy (non-hydrogen) atoms. The smallest absolute Gasteiger partial charge is 0.408 e. The molecule has 0 bridgehead atoms. The maximum Gasteiger partial charge on any atom is 0.408 e. The normalized spacial score (nSPS) is 27.8. The Labute approximate surface area is 293 Å². The van der Waals surface area contributed by atoms with Gasteiger partial charge in [-0.05, 0) is 77.8 Å². The molecule has 1 unspecified atom stereocenters. The van der Waals surface area contributed by atoms with E-state index in [1.54, 1.807) is 46.1 Å². The van der Waals surface area contributed by atoms with E-state index in [4.69, 9.17) is 23.7 Å². The molecule has 13 nitrogen and oxygen atoms in total. The zero-order chi connectivity index (χ0) is 36.2. The van der Waals surface area contributed by atoms with Gasteiger partial charge in [-0.25, -0.2) is 14.6 Å². The highest BCUT2D eigenvalue weighted by atomic mass is 16.6. The summed E-state index contributed by atoms with van der Waals surface area (Å²) in [4.78, 5) is 60.8. The van der Waals surface area contributed by atoms with Crippen molar-refractivity contribution in [2.75, 3.05) is 27.4 Å². The number of rotatable bonds is 7. The van der Waals surface area contributed by atoms with Gasteiger partial charge in [-0.2, -0.15) is 0 Å². The predicted molar refractivity (Wildman–Crippen MR) is 185 cm³/mol. The van der Waals surface area contributed by atoms with E-state index in [0.29, 0.717) is 54.2 Å². The minimum Gasteiger partial charge on any atom is -0.497 e. The maximum absolute atomic E-state index is 14.5. The van der Waals surface area contributed by atoms with Gasteiger partial charge in [0.2, 0.25) is 17.7 Å². The number of allylic oxidation sites excluding steroid dienone is 1. The maximum atomic E-state index is 14.5. The Hall–Kier alpha value is -4.55. The van der Waals surface area contributed by atoms with Crippen LogP contribution < -0.4 is 24.8 Å². The third-order valence-electron chi connectivity index (χ3n) is 9.43. The molecule has 1 aliphatic carbocycles. The lowest BCUT2D eigenvalue weighted by molar-refractivity contribution is -0.148. The van der Waals surface area contributed by atoms with Crippen molar-refractivity contribution in [3.63, 3.8) is 0 Å². The summed E-state index contributed by atoms with van der Waals surface area (Å²) in [6.45, 7) is 9.66. The second-order valence-corrected chi connectivity index (χ2v) is 14.4. The Morgan fingerprint density at radius 1 is 1.12 bits per heavy atom. The molecule has 6 atom stereocenters. The number of carbonyl (C=O) groups is 4. The van der Waals surface area contributed by atoms with E-state index in [0.717, 1.165) is 12.8 Å². The molecular weight excluding hydrogens is 644 g/mol. The lowest BCUT2D eigenvalue weighted by Gasteiger charge is -2.30. The van der Waals surface area contributed by atoms with Gasteiger partial charge < -0.3 is 39.2 Å². The second kappa shape index (κ2) is 15.1. The Balaban J connectivity index is 1.50. The summed E-state index contributed by atoms with van der Waals surface area (Å²) in [5.41, 5.74) is -1.40. The molecule has 3 aliphatic rings. The van der Waals surface area contributed by atoms with Crippen molar-refractivity contribution in [3.05, 3.63) is 36.4 Å². The van der Waals surface area contributed by atoms with Crippen LogP contribution in [0.3, 0.4) is 0 Å². The quantitative estimate of drug-likeness (QED) is 0.308. The lowest BCUT2D eigenvalue weighted by atomic mass is 9.96. The molecule has 1 aromatic heterocycles. The largest absolute Gasteiger partial charge is 0.497 e. The molecular formula is C37H50N4O9. The van der Waals surface area contributed by atoms with Crippen LogP contribution in [0, 0.1) is 11.8 Å². The van der Waals surface area contributed by atoms with E-state index in [2.05, 4.69) is 22.5 Å². The highest BCUT2D eigenvalue weighted by Gasteiger charge is 2.62. The van der Waals surface area contributed by atoms with Gasteiger partial charge in [0.1, 0.15) is 40.8 Å². The number of nitrogens with one attached hydrogen (secondary N) is 2. The van der Waals surface area contributed by atoms with E-state index in [-0.39, 0.29) is 24.8 Å². The molecule has 3 heterocycles. The number of carbonyl (C=O) groups excluding carboxylic acids is 4. The van der Waals surface area contributed by atoms with Crippen molar-refractivity contribution in [1.82, 2.24) is 20.5 Å². The Morgan fingerprint density at radius 3 is 2.60 bits per heavy atom. The first-order chi connectivity index (χ1) is 23.8. The standard InChI is InChI=1S/C37H50N4O9/c1-8-48-31-19-30(26-15-14-24(46-6)17-28(26)38-31)49-25-18-29-32(42)40-37(34(44)47-7)20-23(37)12-10-9-11-22(2)13-16-27(33(43)41(29)21-25)39-35(45)50-36(3,4)5/h10,12,14-15,17,19,22-23,25,27,29H,8-9,11,13,16,18,20-21H2,1-7H3,(H,39,45)(H,40,42)/b12-10-/t22-,23?,25+,27-,29-,37+/m0/s1. The average molecular weight is 695 g/mol. The number of esters is 1. The molecule has 272 valence electrons. The molecule has 2 N–H and O–H groups in total. The number of hydrogen-bond donors (Lipinski definition) is 2. The lowest BCUT2D eigenvalue weighted by Crippen LogP contribution is -2.56. The third-order valence-corrected chi connectivity index (χ3v) is 9.43. The van der Waals surface area contributed by atoms with Gasteiger partial charge in [0.25, 0.3) is 0 Å². The Morgan fingerprint density at radius 2 is 1.90 bits per heavy atom. The third kappa shape index (κ3) is 8.42. The molecule has 0 radical (unpaired) electrons. The zero-order valence-electron chi connectivity index (χ0n) is 30.1. The van der Waals surface area contributed by atoms with Crippen LogP contribution in [0.5, 0.6) is 17.4 Å². The molecule has 2 aromatic rings. The number of nitrogens with zero attached hydrogens (tertiary/aromatic N) is 2. The van der Waals surface area contributed by atoms with Gasteiger partial charge in [0.05, 0.1) is 32.9 Å². The average Bonchev–Trinajstić information content (AvgIpc) is 3.59. The minimum atomic E-state index is -1.22. The van der Waals surface area contributed by atoms with Crippen molar-refractivity contribution >= 4 is 34.8 Å². The van der Waals surface area contributed by atoms with Crippen LogP contribution in [0.25, 0.3) is 10.9 Å². The number of amides is 3. The number of alkyl carbamates (subject to hydrolysis) is 1. The Kier molecular flexibility index (Phi) is 11.1. The van der Waals surface area contributed by atoms with E-state index >= 15 is 0 Å². The van der Waals surface area contributed by atoms with Crippen LogP contribution in [0.1, 0.15) is 73.1 Å². The van der Waals surface area contributed by atoms with Crippen molar-refractivity contribution in [3.8, 4) is 17.4 Å². The van der Waals surface area contributed by atoms with Crippen molar-refractivity contribution in [2.45, 2.75) is 102 Å². The summed E-state index contributed by atoms with van der Waals surface area (Å²) in [5, 5.41) is 6.45. The molecule has 13 heteroatoms. The summed E-state index contributed by atoms with van der Waals surface area (Å²) in [7, 11) is 2.87. The summed E-state index contributed by atoms with van der Waals surface area (Å²) < 4.78 is 28.3. The monoisotopic (exact) mass is 694 g/mol. The van der Waals surface area contributed by atoms with Crippen LogP contribution >= 0.6 is 0 Å². The SMILES string of the molecule is CCOc1cc(O[C@@H]2C[C@H]3C(=O)N[C@]4(C(=O)OC)CC4/C=C\CC[C@H](C)CC[C@H](NC(=O)OC(C)(C)C)C(=O)N3C2)c2ccc(OC)cc2n1. The van der Waals surface area contributed by atoms with Crippen molar-refractivity contribution < 1.29 is 42.9 Å². The van der Waals surface area contributed by atoms with E-state index < -0.39 is 53.2 Å². The molecule has 1 saturated carbocycles. The van der Waals surface area contributed by atoms with Crippen LogP contribution in [0.2, 0.25) is 0 Å². The highest BCUT2D eigenvalue weighted by molar-refractivity contribution is 5.96. The van der Waals surface area contributed by atoms with E-state index in [1.165, 1.54) is 12.0 Å². The first kappa shape index (κ1) is 36.7. The summed E-state index contributed by atoms with van der Waals surface area (Å²) >= 11 is 0. The second-order valence-electron chi connectivity index (χ2n) is 14.4. The minimum absolute atomic E-state index is 0.0530. The number of methoxy groups -OCH3 is 2. The topological polar surface area (TPSA) is 155 Å². The van der Waals surface area contributed by atoms with E-state index in [1.807, 2.05) is 25.1 Å². The van der Waals surface area contributed by atoms with Crippen molar-refractivity contribution in [1.29, 1.82) is 0 Å². The van der Waals surface area contributed by atoms with Gasteiger partial charge in [0, 0.05) is 29.9 Å². The summed E-state index contributed by atoms with van der Waals surface area (Å²) in [6.07, 6.45) is 5.83. The fourth-order valence-electron chi connectivity index (χ4n) is 6.73. The van der Waals surface area contributed by atoms with E-state index in [9.17, 15) is 19.2 Å². The molecule has 1 saturated heterocycles. The molecule has 5 rings (SSSR count). The van der Waals surface area contributed by atoms with Gasteiger partial charge in [0.15, 0.2) is 0 Å². The summed E-state index contributed by atoms with van der Waals surface area (Å²) in [5.74, 6) is -0.00172. The Bertz CT molecular complexity index is 1620. The van der Waals surface area contributed by atoms with Crippen LogP contribution in [-0.4, -0.2) is 90.5 Å². The first-order valence-corrected chi connectivity index (χ1v) is 17.4. The molecule has 1 aromatic carbocycles. The number of pyridine rings is 1. The van der Waals surface area contributed by atoms with Gasteiger partial charge in [-0.15, -0.1) is 0 Å². The van der Waals surface area contributed by atoms with Gasteiger partial charge >= 0.3 is 12.1 Å². The highest BCUT2D eigenvalue weighted by Crippen LogP contribution is 2.46. The number of benzene rings is 1. The summed E-state index contributed by atoms with van der Waals surface area (Å²) in [6, 6.07) is 5.15. The van der Waals surface area contributed by atoms with Crippen LogP contribution in [-0.2, 0) is 23.9 Å². The molecule has 0 spiro atoms.